The van der Waals surface area contributed by atoms with E-state index in [1.165, 1.54) is 18.2 Å². The lowest BCUT2D eigenvalue weighted by Gasteiger charge is -1.99. The van der Waals surface area contributed by atoms with Gasteiger partial charge in [0.05, 0.1) is 0 Å². The Morgan fingerprint density at radius 3 is 2.60 bits per heavy atom. The maximum Gasteiger partial charge on any atom is 0.295 e. The number of hydrogen-bond donors (Lipinski definition) is 1. The number of halogens is 1. The molecule has 0 unspecified atom stereocenters. The van der Waals surface area contributed by atoms with Gasteiger partial charge in [-0.15, -0.1) is 11.6 Å². The van der Waals surface area contributed by atoms with Gasteiger partial charge in [0.15, 0.2) is 0 Å². The monoisotopic (exact) mass is 244 g/mol. The molecule has 80 valence electrons. The Labute approximate surface area is 93.8 Å². The summed E-state index contributed by atoms with van der Waals surface area (Å²) in [5, 5.41) is 0. The predicted molar refractivity (Wildman–Crippen MR) is 58.5 cm³/mol. The van der Waals surface area contributed by atoms with Gasteiger partial charge in [0.2, 0.25) is 0 Å². The van der Waals surface area contributed by atoms with Crippen molar-refractivity contribution < 1.29 is 13.0 Å². The second-order valence-electron chi connectivity index (χ2n) is 2.71. The van der Waals surface area contributed by atoms with Crippen molar-refractivity contribution in [2.75, 3.05) is 5.88 Å². The molecule has 0 saturated carbocycles. The van der Waals surface area contributed by atoms with E-state index < -0.39 is 10.1 Å². The Morgan fingerprint density at radius 1 is 1.33 bits per heavy atom. The first kappa shape index (κ1) is 12.1. The minimum absolute atomic E-state index is 0.174. The van der Waals surface area contributed by atoms with Crippen molar-refractivity contribution in [1.29, 1.82) is 0 Å². The number of alkyl halides is 1. The lowest BCUT2D eigenvalue weighted by molar-refractivity contribution is 0.483. The fourth-order valence-electron chi connectivity index (χ4n) is 1.000. The Morgan fingerprint density at radius 2 is 2.00 bits per heavy atom. The number of hydrogen-bond acceptors (Lipinski definition) is 2. The van der Waals surface area contributed by atoms with E-state index in [0.29, 0.717) is 12.3 Å². The van der Waals surface area contributed by atoms with E-state index in [9.17, 15) is 8.42 Å². The molecule has 5 heteroatoms. The van der Waals surface area contributed by atoms with E-state index in [-0.39, 0.29) is 10.5 Å². The summed E-state index contributed by atoms with van der Waals surface area (Å²) in [6.45, 7) is 0. The van der Waals surface area contributed by atoms with Gasteiger partial charge in [0.1, 0.15) is 4.90 Å². The molecule has 3 nitrogen and oxygen atoms in total. The van der Waals surface area contributed by atoms with Crippen LogP contribution in [0.25, 0.3) is 0 Å². The van der Waals surface area contributed by atoms with E-state index >= 15 is 0 Å². The zero-order valence-corrected chi connectivity index (χ0v) is 9.35. The zero-order chi connectivity index (χ0) is 11.3. The van der Waals surface area contributed by atoms with Crippen LogP contribution >= 0.6 is 11.6 Å². The van der Waals surface area contributed by atoms with E-state index in [0.717, 1.165) is 0 Å². The van der Waals surface area contributed by atoms with Gasteiger partial charge in [-0.3, -0.25) is 4.55 Å². The van der Waals surface area contributed by atoms with E-state index in [4.69, 9.17) is 16.2 Å². The third kappa shape index (κ3) is 3.56. The molecule has 1 rings (SSSR count). The summed E-state index contributed by atoms with van der Waals surface area (Å²) in [5.41, 5.74) is 0.283. The van der Waals surface area contributed by atoms with Crippen LogP contribution < -0.4 is 0 Å². The van der Waals surface area contributed by atoms with Gasteiger partial charge >= 0.3 is 0 Å². The molecule has 0 amide bonds. The highest BCUT2D eigenvalue weighted by molar-refractivity contribution is 7.85. The van der Waals surface area contributed by atoms with Crippen LogP contribution in [0, 0.1) is 11.8 Å². The summed E-state index contributed by atoms with van der Waals surface area (Å²) in [7, 11) is -4.21. The summed E-state index contributed by atoms with van der Waals surface area (Å²) in [6.07, 6.45) is 0.474. The van der Waals surface area contributed by atoms with E-state index in [1.54, 1.807) is 6.07 Å². The molecule has 0 aromatic heterocycles. The smallest absolute Gasteiger partial charge is 0.282 e. The van der Waals surface area contributed by atoms with Gasteiger partial charge in [-0.05, 0) is 12.1 Å². The van der Waals surface area contributed by atoms with Crippen LogP contribution in [0.2, 0.25) is 0 Å². The van der Waals surface area contributed by atoms with Crippen molar-refractivity contribution in [1.82, 2.24) is 0 Å². The molecule has 0 fully saturated rings. The SMILES string of the molecule is O=S(=O)(O)c1ccccc1C#CCCCl. The molecule has 1 N–H and O–H groups in total. The van der Waals surface area contributed by atoms with Crippen molar-refractivity contribution in [2.24, 2.45) is 0 Å². The van der Waals surface area contributed by atoms with Crippen LogP contribution in [0.5, 0.6) is 0 Å². The summed E-state index contributed by atoms with van der Waals surface area (Å²) in [5.74, 6) is 5.74. The van der Waals surface area contributed by atoms with Gasteiger partial charge in [0, 0.05) is 17.9 Å². The first-order chi connectivity index (χ1) is 7.05. The highest BCUT2D eigenvalue weighted by Crippen LogP contribution is 2.13. The van der Waals surface area contributed by atoms with Gasteiger partial charge in [-0.2, -0.15) is 8.42 Å². The quantitative estimate of drug-likeness (QED) is 0.491. The topological polar surface area (TPSA) is 54.4 Å². The molecule has 15 heavy (non-hydrogen) atoms. The third-order valence-corrected chi connectivity index (χ3v) is 2.71. The highest BCUT2D eigenvalue weighted by Gasteiger charge is 2.12. The molecular weight excluding hydrogens is 236 g/mol. The van der Waals surface area contributed by atoms with Crippen molar-refractivity contribution in [3.8, 4) is 11.8 Å². The Kier molecular flexibility index (Phi) is 4.15. The summed E-state index contributed by atoms with van der Waals surface area (Å²) < 4.78 is 30.8. The third-order valence-electron chi connectivity index (χ3n) is 1.61. The molecule has 1 aromatic rings. The van der Waals surface area contributed by atoms with Gasteiger partial charge in [-0.1, -0.05) is 24.0 Å². The predicted octanol–water partition coefficient (Wildman–Crippen LogP) is 1.91. The van der Waals surface area contributed by atoms with Crippen LogP contribution in [0.1, 0.15) is 12.0 Å². The second kappa shape index (κ2) is 5.17. The van der Waals surface area contributed by atoms with Crippen LogP contribution in [0.3, 0.4) is 0 Å². The van der Waals surface area contributed by atoms with Crippen LogP contribution in [0.15, 0.2) is 29.2 Å². The fraction of sp³-hybridized carbons (Fsp3) is 0.200. The van der Waals surface area contributed by atoms with Gasteiger partial charge in [-0.25, -0.2) is 0 Å². The molecular formula is C10H9ClO3S. The average Bonchev–Trinajstić information content (AvgIpc) is 2.17. The maximum absolute atomic E-state index is 10.9. The average molecular weight is 245 g/mol. The van der Waals surface area contributed by atoms with Crippen molar-refractivity contribution >= 4 is 21.7 Å². The first-order valence-corrected chi connectivity index (χ1v) is 6.14. The minimum atomic E-state index is -4.21. The van der Waals surface area contributed by atoms with Crippen molar-refractivity contribution in [3.63, 3.8) is 0 Å². The Hall–Kier alpha value is -1.02. The summed E-state index contributed by atoms with van der Waals surface area (Å²) >= 11 is 5.43. The van der Waals surface area contributed by atoms with E-state index in [1.807, 2.05) is 0 Å². The first-order valence-electron chi connectivity index (χ1n) is 4.17. The Balaban J connectivity index is 3.15. The maximum atomic E-state index is 10.9. The Bertz CT molecular complexity index is 497. The highest BCUT2D eigenvalue weighted by atomic mass is 35.5. The molecule has 0 aliphatic carbocycles. The molecule has 0 saturated heterocycles. The molecule has 0 atom stereocenters. The van der Waals surface area contributed by atoms with Crippen LogP contribution in [-0.2, 0) is 10.1 Å². The van der Waals surface area contributed by atoms with Crippen molar-refractivity contribution in [3.05, 3.63) is 29.8 Å². The number of benzene rings is 1. The molecule has 0 aliphatic rings. The molecule has 1 aromatic carbocycles. The van der Waals surface area contributed by atoms with Crippen LogP contribution in [-0.4, -0.2) is 18.9 Å². The summed E-state index contributed by atoms with van der Waals surface area (Å²) in [6, 6.07) is 6.01. The zero-order valence-electron chi connectivity index (χ0n) is 7.77. The largest absolute Gasteiger partial charge is 0.295 e. The molecule has 0 heterocycles. The number of rotatable bonds is 2. The molecule has 0 spiro atoms. The van der Waals surface area contributed by atoms with Crippen LogP contribution in [0.4, 0.5) is 0 Å². The summed E-state index contributed by atoms with van der Waals surface area (Å²) in [4.78, 5) is -0.174. The lowest BCUT2D eigenvalue weighted by atomic mass is 10.2. The molecule has 0 radical (unpaired) electrons. The molecule has 0 aliphatic heterocycles. The normalized spacial score (nSPS) is 10.5. The van der Waals surface area contributed by atoms with Crippen molar-refractivity contribution in [2.45, 2.75) is 11.3 Å². The standard InChI is InChI=1S/C10H9ClO3S/c11-8-4-3-6-9-5-1-2-7-10(9)15(12,13)14/h1-2,5,7H,4,8H2,(H,12,13,14). The molecule has 0 bridgehead atoms. The fourth-order valence-corrected chi connectivity index (χ4v) is 1.74. The lowest BCUT2D eigenvalue weighted by Crippen LogP contribution is -2.00. The van der Waals surface area contributed by atoms with E-state index in [2.05, 4.69) is 11.8 Å². The minimum Gasteiger partial charge on any atom is -0.282 e. The van der Waals surface area contributed by atoms with Gasteiger partial charge < -0.3 is 0 Å². The van der Waals surface area contributed by atoms with Gasteiger partial charge in [0.25, 0.3) is 10.1 Å². The second-order valence-corrected chi connectivity index (χ2v) is 4.48.